The number of rotatable bonds is 2. The van der Waals surface area contributed by atoms with Crippen molar-refractivity contribution in [3.63, 3.8) is 0 Å². The molecule has 2 rings (SSSR count). The molecule has 1 saturated carbocycles. The Morgan fingerprint density at radius 2 is 2.46 bits per heavy atom. The van der Waals surface area contributed by atoms with E-state index in [1.165, 1.54) is 36.4 Å². The smallest absolute Gasteiger partial charge is 0.0897 e. The average Bonchev–Trinajstić information content (AvgIpc) is 2.64. The first-order chi connectivity index (χ1) is 6.25. The average molecular weight is 260 g/mol. The van der Waals surface area contributed by atoms with Gasteiger partial charge in [0, 0.05) is 10.2 Å². The molecule has 0 aromatic carbocycles. The summed E-state index contributed by atoms with van der Waals surface area (Å²) in [5.74, 6) is 0.821. The van der Waals surface area contributed by atoms with Crippen LogP contribution in [-0.2, 0) is 6.42 Å². The van der Waals surface area contributed by atoms with Crippen molar-refractivity contribution in [1.29, 1.82) is 0 Å². The molecule has 0 spiro atoms. The molecule has 72 valence electrons. The fraction of sp³-hybridized carbons (Fsp3) is 0.700. The topological polar surface area (TPSA) is 12.9 Å². The van der Waals surface area contributed by atoms with Crippen LogP contribution in [0.15, 0.2) is 5.38 Å². The van der Waals surface area contributed by atoms with Crippen molar-refractivity contribution >= 4 is 27.3 Å². The molecule has 0 aliphatic heterocycles. The second-order valence-electron chi connectivity index (χ2n) is 3.77. The monoisotopic (exact) mass is 259 g/mol. The van der Waals surface area contributed by atoms with Gasteiger partial charge in [-0.15, -0.1) is 11.3 Å². The number of halogens is 1. The standard InChI is InChI=1S/C10H14BrNS/c1-7-12-9(6-13-7)5-8-3-2-4-10(8)11/h6,8,10H,2-5H2,1H3. The molecule has 0 bridgehead atoms. The van der Waals surface area contributed by atoms with Crippen molar-refractivity contribution in [2.45, 2.75) is 37.4 Å². The summed E-state index contributed by atoms with van der Waals surface area (Å²) < 4.78 is 0. The number of nitrogens with zero attached hydrogens (tertiary/aromatic N) is 1. The Morgan fingerprint density at radius 1 is 1.62 bits per heavy atom. The van der Waals surface area contributed by atoms with Crippen LogP contribution < -0.4 is 0 Å². The molecule has 13 heavy (non-hydrogen) atoms. The van der Waals surface area contributed by atoms with Gasteiger partial charge in [-0.1, -0.05) is 22.4 Å². The summed E-state index contributed by atoms with van der Waals surface area (Å²) in [7, 11) is 0. The molecule has 2 atom stereocenters. The number of hydrogen-bond donors (Lipinski definition) is 0. The Bertz CT molecular complexity index is 284. The van der Waals surface area contributed by atoms with E-state index in [1.54, 1.807) is 11.3 Å². The van der Waals surface area contributed by atoms with Gasteiger partial charge in [0.25, 0.3) is 0 Å². The minimum atomic E-state index is 0.731. The van der Waals surface area contributed by atoms with Gasteiger partial charge in [-0.2, -0.15) is 0 Å². The normalized spacial score (nSPS) is 28.2. The maximum absolute atomic E-state index is 4.51. The first-order valence-corrected chi connectivity index (χ1v) is 6.60. The van der Waals surface area contributed by atoms with Gasteiger partial charge in [-0.05, 0) is 32.1 Å². The van der Waals surface area contributed by atoms with Crippen LogP contribution in [-0.4, -0.2) is 9.81 Å². The molecule has 3 heteroatoms. The number of hydrogen-bond acceptors (Lipinski definition) is 2. The van der Waals surface area contributed by atoms with Gasteiger partial charge >= 0.3 is 0 Å². The third-order valence-corrected chi connectivity index (χ3v) is 4.73. The molecular formula is C10H14BrNS. The van der Waals surface area contributed by atoms with Gasteiger partial charge in [0.15, 0.2) is 0 Å². The highest BCUT2D eigenvalue weighted by molar-refractivity contribution is 9.09. The summed E-state index contributed by atoms with van der Waals surface area (Å²) in [5.41, 5.74) is 1.29. The summed E-state index contributed by atoms with van der Waals surface area (Å²) in [5, 5.41) is 3.40. The van der Waals surface area contributed by atoms with E-state index >= 15 is 0 Å². The Kier molecular flexibility index (Phi) is 3.04. The van der Waals surface area contributed by atoms with E-state index in [9.17, 15) is 0 Å². The molecular weight excluding hydrogens is 246 g/mol. The van der Waals surface area contributed by atoms with Crippen LogP contribution in [0.25, 0.3) is 0 Å². The highest BCUT2D eigenvalue weighted by Gasteiger charge is 2.25. The van der Waals surface area contributed by atoms with Crippen LogP contribution in [0.5, 0.6) is 0 Å². The Hall–Kier alpha value is 0.110. The van der Waals surface area contributed by atoms with E-state index < -0.39 is 0 Å². The zero-order chi connectivity index (χ0) is 9.26. The zero-order valence-electron chi connectivity index (χ0n) is 7.79. The van der Waals surface area contributed by atoms with E-state index in [4.69, 9.17) is 0 Å². The summed E-state index contributed by atoms with van der Waals surface area (Å²) in [6, 6.07) is 0. The van der Waals surface area contributed by atoms with E-state index in [0.29, 0.717) is 0 Å². The van der Waals surface area contributed by atoms with Crippen LogP contribution in [0.2, 0.25) is 0 Å². The summed E-state index contributed by atoms with van der Waals surface area (Å²) >= 11 is 5.51. The molecule has 0 N–H and O–H groups in total. The van der Waals surface area contributed by atoms with Crippen molar-refractivity contribution in [2.75, 3.05) is 0 Å². The lowest BCUT2D eigenvalue weighted by Gasteiger charge is -2.11. The summed E-state index contributed by atoms with van der Waals surface area (Å²) in [4.78, 5) is 5.24. The molecule has 1 aliphatic carbocycles. The lowest BCUT2D eigenvalue weighted by atomic mass is 10.0. The molecule has 1 fully saturated rings. The lowest BCUT2D eigenvalue weighted by molar-refractivity contribution is 0.556. The van der Waals surface area contributed by atoms with Crippen molar-refractivity contribution < 1.29 is 0 Å². The maximum atomic E-state index is 4.51. The molecule has 1 nitrogen and oxygen atoms in total. The van der Waals surface area contributed by atoms with E-state index in [-0.39, 0.29) is 0 Å². The highest BCUT2D eigenvalue weighted by atomic mass is 79.9. The first kappa shape index (κ1) is 9.66. The number of alkyl halides is 1. The SMILES string of the molecule is Cc1nc(CC2CCCC2Br)cs1. The maximum Gasteiger partial charge on any atom is 0.0897 e. The largest absolute Gasteiger partial charge is 0.247 e. The van der Waals surface area contributed by atoms with Gasteiger partial charge in [-0.25, -0.2) is 4.98 Å². The van der Waals surface area contributed by atoms with Crippen LogP contribution in [0.1, 0.15) is 30.0 Å². The van der Waals surface area contributed by atoms with Gasteiger partial charge in [0.1, 0.15) is 0 Å². The second kappa shape index (κ2) is 4.09. The van der Waals surface area contributed by atoms with Crippen LogP contribution >= 0.6 is 27.3 Å². The van der Waals surface area contributed by atoms with Crippen molar-refractivity contribution in [1.82, 2.24) is 4.98 Å². The molecule has 2 unspecified atom stereocenters. The minimum Gasteiger partial charge on any atom is -0.247 e. The predicted molar refractivity (Wildman–Crippen MR) is 60.6 cm³/mol. The van der Waals surface area contributed by atoms with Crippen LogP contribution in [0.3, 0.4) is 0 Å². The number of aromatic nitrogens is 1. The lowest BCUT2D eigenvalue weighted by Crippen LogP contribution is -2.09. The molecule has 0 amide bonds. The minimum absolute atomic E-state index is 0.731. The second-order valence-corrected chi connectivity index (χ2v) is 6.01. The van der Waals surface area contributed by atoms with Gasteiger partial charge in [-0.3, -0.25) is 0 Å². The summed E-state index contributed by atoms with van der Waals surface area (Å²) in [6.45, 7) is 2.08. The molecule has 0 radical (unpaired) electrons. The first-order valence-electron chi connectivity index (χ1n) is 4.81. The van der Waals surface area contributed by atoms with Crippen LogP contribution in [0.4, 0.5) is 0 Å². The third kappa shape index (κ3) is 2.32. The number of aryl methyl sites for hydroxylation is 1. The number of thiazole rings is 1. The van der Waals surface area contributed by atoms with E-state index in [0.717, 1.165) is 10.7 Å². The fourth-order valence-electron chi connectivity index (χ4n) is 1.99. The highest BCUT2D eigenvalue weighted by Crippen LogP contribution is 2.33. The molecule has 1 aromatic rings. The molecule has 0 saturated heterocycles. The Morgan fingerprint density at radius 3 is 3.00 bits per heavy atom. The van der Waals surface area contributed by atoms with E-state index in [1.807, 2.05) is 0 Å². The van der Waals surface area contributed by atoms with Crippen molar-refractivity contribution in [3.8, 4) is 0 Å². The Labute approximate surface area is 91.7 Å². The quantitative estimate of drug-likeness (QED) is 0.741. The predicted octanol–water partition coefficient (Wildman–Crippen LogP) is 3.56. The van der Waals surface area contributed by atoms with Crippen molar-refractivity contribution in [3.05, 3.63) is 16.1 Å². The van der Waals surface area contributed by atoms with Gasteiger partial charge in [0.05, 0.1) is 10.7 Å². The fourth-order valence-corrected chi connectivity index (χ4v) is 3.39. The van der Waals surface area contributed by atoms with E-state index in [2.05, 4.69) is 33.2 Å². The summed E-state index contributed by atoms with van der Waals surface area (Å²) in [6.07, 6.45) is 5.25. The van der Waals surface area contributed by atoms with Gasteiger partial charge in [0.2, 0.25) is 0 Å². The zero-order valence-corrected chi connectivity index (χ0v) is 10.2. The molecule has 1 heterocycles. The molecule has 1 aromatic heterocycles. The van der Waals surface area contributed by atoms with Crippen LogP contribution in [0, 0.1) is 12.8 Å². The Balaban J connectivity index is 1.97. The van der Waals surface area contributed by atoms with Crippen molar-refractivity contribution in [2.24, 2.45) is 5.92 Å². The molecule has 1 aliphatic rings. The third-order valence-electron chi connectivity index (χ3n) is 2.70. The van der Waals surface area contributed by atoms with Gasteiger partial charge < -0.3 is 0 Å².